The summed E-state index contributed by atoms with van der Waals surface area (Å²) in [4.78, 5) is 18.1. The molecule has 2 N–H and O–H groups in total. The van der Waals surface area contributed by atoms with Crippen LogP contribution in [-0.4, -0.2) is 34.9 Å². The van der Waals surface area contributed by atoms with Crippen LogP contribution < -0.4 is 5.32 Å². The Kier molecular flexibility index (Phi) is 5.54. The van der Waals surface area contributed by atoms with Gasteiger partial charge in [-0.3, -0.25) is 9.69 Å². The molecule has 2 heterocycles. The molecule has 4 heteroatoms. The van der Waals surface area contributed by atoms with Crippen molar-refractivity contribution in [3.8, 4) is 0 Å². The number of amides is 1. The van der Waals surface area contributed by atoms with E-state index < -0.39 is 0 Å². The molecule has 0 bridgehead atoms. The zero-order valence-corrected chi connectivity index (χ0v) is 15.7. The predicted octanol–water partition coefficient (Wildman–Crippen LogP) is 3.88. The van der Waals surface area contributed by atoms with Gasteiger partial charge in [-0.25, -0.2) is 0 Å². The normalized spacial score (nSPS) is 15.9. The minimum atomic E-state index is 0.168. The number of para-hydroxylation sites is 1. The number of hydrogen-bond acceptors (Lipinski definition) is 2. The van der Waals surface area contributed by atoms with Gasteiger partial charge in [-0.15, -0.1) is 0 Å². The summed E-state index contributed by atoms with van der Waals surface area (Å²) in [5.41, 5.74) is 3.72. The lowest BCUT2D eigenvalue weighted by Gasteiger charge is -2.32. The second kappa shape index (κ2) is 8.40. The molecule has 0 aliphatic carbocycles. The maximum atomic E-state index is 12.4. The summed E-state index contributed by atoms with van der Waals surface area (Å²) in [6.45, 7) is 3.09. The minimum Gasteiger partial charge on any atom is -0.361 e. The van der Waals surface area contributed by atoms with E-state index in [1.165, 1.54) is 16.5 Å². The molecule has 1 saturated heterocycles. The Hall–Kier alpha value is -2.59. The molecule has 1 aromatic heterocycles. The van der Waals surface area contributed by atoms with Gasteiger partial charge in [-0.2, -0.15) is 0 Å². The number of aromatic nitrogens is 1. The lowest BCUT2D eigenvalue weighted by Crippen LogP contribution is -2.44. The minimum absolute atomic E-state index is 0.168. The third-order valence-electron chi connectivity index (χ3n) is 5.50. The number of nitrogens with zero attached hydrogens (tertiary/aromatic N) is 1. The van der Waals surface area contributed by atoms with Crippen LogP contribution in [0.25, 0.3) is 10.9 Å². The number of rotatable bonds is 6. The van der Waals surface area contributed by atoms with Crippen molar-refractivity contribution in [3.63, 3.8) is 0 Å². The number of aromatic amines is 1. The number of likely N-dealkylation sites (tertiary alicyclic amines) is 1. The summed E-state index contributed by atoms with van der Waals surface area (Å²) in [5, 5.41) is 4.46. The first-order valence-corrected chi connectivity index (χ1v) is 9.88. The Bertz CT molecular complexity index is 879. The predicted molar refractivity (Wildman–Crippen MR) is 110 cm³/mol. The van der Waals surface area contributed by atoms with Gasteiger partial charge in [0.25, 0.3) is 0 Å². The first kappa shape index (κ1) is 17.8. The number of carbonyl (C=O) groups excluding carboxylic acids is 1. The molecule has 0 atom stereocenters. The van der Waals surface area contributed by atoms with Crippen molar-refractivity contribution in [1.29, 1.82) is 0 Å². The Labute approximate surface area is 160 Å². The average Bonchev–Trinajstić information content (AvgIpc) is 3.12. The van der Waals surface area contributed by atoms with Crippen LogP contribution in [0.3, 0.4) is 0 Å². The number of aryl methyl sites for hydroxylation is 1. The molecule has 1 aliphatic heterocycles. The molecule has 4 nitrogen and oxygen atoms in total. The van der Waals surface area contributed by atoms with E-state index in [0.29, 0.717) is 12.5 Å². The summed E-state index contributed by atoms with van der Waals surface area (Å²) in [7, 11) is 0. The zero-order chi connectivity index (χ0) is 18.5. The molecule has 4 rings (SSSR count). The van der Waals surface area contributed by atoms with E-state index in [0.717, 1.165) is 44.4 Å². The van der Waals surface area contributed by atoms with E-state index in [2.05, 4.69) is 57.7 Å². The molecule has 3 aromatic rings. The van der Waals surface area contributed by atoms with Crippen LogP contribution in [0.1, 0.15) is 30.4 Å². The van der Waals surface area contributed by atoms with Crippen LogP contribution in [0.4, 0.5) is 0 Å². The quantitative estimate of drug-likeness (QED) is 0.700. The lowest BCUT2D eigenvalue weighted by atomic mass is 10.0. The third kappa shape index (κ3) is 4.58. The second-order valence-corrected chi connectivity index (χ2v) is 7.46. The molecule has 1 aliphatic rings. The highest BCUT2D eigenvalue weighted by Gasteiger charge is 2.20. The third-order valence-corrected chi connectivity index (χ3v) is 5.50. The monoisotopic (exact) mass is 361 g/mol. The first-order valence-electron chi connectivity index (χ1n) is 9.88. The summed E-state index contributed by atoms with van der Waals surface area (Å²) < 4.78 is 0. The van der Waals surface area contributed by atoms with E-state index in [9.17, 15) is 4.79 Å². The molecule has 0 spiro atoms. The first-order chi connectivity index (χ1) is 13.3. The Morgan fingerprint density at radius 3 is 2.59 bits per heavy atom. The van der Waals surface area contributed by atoms with E-state index in [-0.39, 0.29) is 5.91 Å². The lowest BCUT2D eigenvalue weighted by molar-refractivity contribution is -0.122. The fourth-order valence-corrected chi connectivity index (χ4v) is 3.96. The molecule has 0 unspecified atom stereocenters. The Morgan fingerprint density at radius 2 is 1.78 bits per heavy atom. The van der Waals surface area contributed by atoms with Crippen LogP contribution in [0, 0.1) is 0 Å². The fourth-order valence-electron chi connectivity index (χ4n) is 3.96. The molecule has 1 fully saturated rings. The van der Waals surface area contributed by atoms with E-state index in [1.807, 2.05) is 18.3 Å². The number of H-pyrrole nitrogens is 1. The van der Waals surface area contributed by atoms with Crippen molar-refractivity contribution in [2.75, 3.05) is 13.1 Å². The fraction of sp³-hybridized carbons (Fsp3) is 0.348. The van der Waals surface area contributed by atoms with Gasteiger partial charge in [0.15, 0.2) is 0 Å². The number of hydrogen-bond donors (Lipinski definition) is 2. The van der Waals surface area contributed by atoms with Crippen molar-refractivity contribution in [1.82, 2.24) is 15.2 Å². The molecular weight excluding hydrogens is 334 g/mol. The van der Waals surface area contributed by atoms with Crippen LogP contribution >= 0.6 is 0 Å². The standard InChI is InChI=1S/C23H27N3O/c27-23(11-10-19-16-24-22-9-5-4-8-21(19)22)25-20-12-14-26(15-13-20)17-18-6-2-1-3-7-18/h1-9,16,20,24H,10-15,17H2,(H,25,27). The smallest absolute Gasteiger partial charge is 0.220 e. The van der Waals surface area contributed by atoms with Gasteiger partial charge in [0.05, 0.1) is 0 Å². The van der Waals surface area contributed by atoms with Gasteiger partial charge >= 0.3 is 0 Å². The molecule has 0 radical (unpaired) electrons. The topological polar surface area (TPSA) is 48.1 Å². The van der Waals surface area contributed by atoms with Crippen molar-refractivity contribution in [2.24, 2.45) is 0 Å². The van der Waals surface area contributed by atoms with Gasteiger partial charge in [-0.05, 0) is 36.5 Å². The van der Waals surface area contributed by atoms with Gasteiger partial charge in [0.1, 0.15) is 0 Å². The van der Waals surface area contributed by atoms with Crippen LogP contribution in [-0.2, 0) is 17.8 Å². The van der Waals surface area contributed by atoms with Gasteiger partial charge in [-0.1, -0.05) is 48.5 Å². The largest absolute Gasteiger partial charge is 0.361 e. The maximum absolute atomic E-state index is 12.4. The molecule has 140 valence electrons. The number of carbonyl (C=O) groups is 1. The Morgan fingerprint density at radius 1 is 1.04 bits per heavy atom. The van der Waals surface area contributed by atoms with Gasteiger partial charge in [0.2, 0.25) is 5.91 Å². The highest BCUT2D eigenvalue weighted by atomic mass is 16.1. The van der Waals surface area contributed by atoms with E-state index >= 15 is 0 Å². The highest BCUT2D eigenvalue weighted by molar-refractivity contribution is 5.84. The van der Waals surface area contributed by atoms with Crippen LogP contribution in [0.15, 0.2) is 60.8 Å². The molecule has 1 amide bonds. The molecular formula is C23H27N3O. The molecule has 2 aromatic carbocycles. The van der Waals surface area contributed by atoms with E-state index in [1.54, 1.807) is 0 Å². The summed E-state index contributed by atoms with van der Waals surface area (Å²) in [6, 6.07) is 19.2. The summed E-state index contributed by atoms with van der Waals surface area (Å²) in [6.07, 6.45) is 5.42. The number of nitrogens with one attached hydrogen (secondary N) is 2. The van der Waals surface area contributed by atoms with Crippen molar-refractivity contribution >= 4 is 16.8 Å². The zero-order valence-electron chi connectivity index (χ0n) is 15.7. The number of piperidine rings is 1. The maximum Gasteiger partial charge on any atom is 0.220 e. The van der Waals surface area contributed by atoms with E-state index in [4.69, 9.17) is 0 Å². The van der Waals surface area contributed by atoms with Crippen molar-refractivity contribution in [3.05, 3.63) is 71.9 Å². The number of benzene rings is 2. The average molecular weight is 361 g/mol. The van der Waals surface area contributed by atoms with Gasteiger partial charge < -0.3 is 10.3 Å². The van der Waals surface area contributed by atoms with Crippen molar-refractivity contribution in [2.45, 2.75) is 38.3 Å². The molecule has 0 saturated carbocycles. The van der Waals surface area contributed by atoms with Crippen LogP contribution in [0.5, 0.6) is 0 Å². The molecule has 27 heavy (non-hydrogen) atoms. The Balaban J connectivity index is 1.21. The summed E-state index contributed by atoms with van der Waals surface area (Å²) in [5.74, 6) is 0.168. The summed E-state index contributed by atoms with van der Waals surface area (Å²) >= 11 is 0. The van der Waals surface area contributed by atoms with Gasteiger partial charge in [0, 0.05) is 49.2 Å². The van der Waals surface area contributed by atoms with Crippen LogP contribution in [0.2, 0.25) is 0 Å². The second-order valence-electron chi connectivity index (χ2n) is 7.46. The number of fused-ring (bicyclic) bond motifs is 1. The van der Waals surface area contributed by atoms with Crippen molar-refractivity contribution < 1.29 is 4.79 Å². The highest BCUT2D eigenvalue weighted by Crippen LogP contribution is 2.19. The SMILES string of the molecule is O=C(CCc1c[nH]c2ccccc12)NC1CCN(Cc2ccccc2)CC1.